The smallest absolute Gasteiger partial charge is 0.349 e. The van der Waals surface area contributed by atoms with Crippen LogP contribution in [0.3, 0.4) is 0 Å². The number of carboxylic acid groups (broad SMARTS) is 1. The van der Waals surface area contributed by atoms with Crippen molar-refractivity contribution in [3.8, 4) is 16.4 Å². The van der Waals surface area contributed by atoms with Gasteiger partial charge in [0.1, 0.15) is 11.5 Å². The van der Waals surface area contributed by atoms with Gasteiger partial charge < -0.3 is 14.6 Å². The van der Waals surface area contributed by atoms with E-state index in [1.807, 2.05) is 0 Å². The van der Waals surface area contributed by atoms with Gasteiger partial charge >= 0.3 is 5.97 Å². The molecule has 0 aromatic carbocycles. The van der Waals surface area contributed by atoms with Crippen LogP contribution in [0.15, 0.2) is 28.9 Å². The maximum Gasteiger partial charge on any atom is 0.349 e. The third-order valence-corrected chi connectivity index (χ3v) is 2.80. The van der Waals surface area contributed by atoms with Crippen molar-refractivity contribution in [2.45, 2.75) is 0 Å². The molecule has 0 unspecified atom stereocenters. The summed E-state index contributed by atoms with van der Waals surface area (Å²) >= 11 is 0.982. The molecule has 0 aliphatic heterocycles. The Balaban J connectivity index is 2.48. The minimum atomic E-state index is -1.13. The molecule has 72 valence electrons. The van der Waals surface area contributed by atoms with E-state index in [-0.39, 0.29) is 10.6 Å². The third kappa shape index (κ3) is 1.38. The Hall–Kier alpha value is -1.75. The van der Waals surface area contributed by atoms with E-state index in [0.717, 1.165) is 11.3 Å². The number of hydrogen-bond acceptors (Lipinski definition) is 4. The van der Waals surface area contributed by atoms with E-state index in [2.05, 4.69) is 0 Å². The molecule has 0 aliphatic carbocycles. The fraction of sp³-hybridized carbons (Fsp3) is 0. The second-order valence-electron chi connectivity index (χ2n) is 2.61. The lowest BCUT2D eigenvalue weighted by Gasteiger charge is -1.86. The van der Waals surface area contributed by atoms with Gasteiger partial charge in [0.25, 0.3) is 0 Å². The first-order chi connectivity index (χ1) is 6.68. The maximum atomic E-state index is 10.6. The topological polar surface area (TPSA) is 70.7 Å². The summed E-state index contributed by atoms with van der Waals surface area (Å²) in [5.74, 6) is -0.808. The Morgan fingerprint density at radius 3 is 2.79 bits per heavy atom. The number of thiophene rings is 1. The molecule has 2 heterocycles. The van der Waals surface area contributed by atoms with Gasteiger partial charge in [0.2, 0.25) is 0 Å². The molecule has 2 rings (SSSR count). The molecule has 4 nitrogen and oxygen atoms in total. The van der Waals surface area contributed by atoms with Gasteiger partial charge in [-0.3, -0.25) is 0 Å². The number of carbonyl (C=O) groups is 1. The van der Waals surface area contributed by atoms with Gasteiger partial charge in [0, 0.05) is 6.07 Å². The second kappa shape index (κ2) is 3.19. The molecule has 0 saturated carbocycles. The largest absolute Gasteiger partial charge is 0.506 e. The minimum Gasteiger partial charge on any atom is -0.506 e. The molecule has 0 atom stereocenters. The van der Waals surface area contributed by atoms with Gasteiger partial charge in [-0.25, -0.2) is 4.79 Å². The highest BCUT2D eigenvalue weighted by Gasteiger charge is 2.16. The summed E-state index contributed by atoms with van der Waals surface area (Å²) in [7, 11) is 0. The van der Waals surface area contributed by atoms with Crippen molar-refractivity contribution in [2.24, 2.45) is 0 Å². The number of aromatic hydroxyl groups is 1. The first-order valence-electron chi connectivity index (χ1n) is 3.78. The molecule has 0 fully saturated rings. The molecular formula is C9H6O4S. The predicted molar refractivity (Wildman–Crippen MR) is 50.6 cm³/mol. The molecule has 0 radical (unpaired) electrons. The fourth-order valence-electron chi connectivity index (χ4n) is 1.07. The van der Waals surface area contributed by atoms with E-state index < -0.39 is 5.97 Å². The van der Waals surface area contributed by atoms with Crippen molar-refractivity contribution in [3.05, 3.63) is 29.3 Å². The fourth-order valence-corrected chi connectivity index (χ4v) is 1.93. The second-order valence-corrected chi connectivity index (χ2v) is 3.66. The lowest BCUT2D eigenvalue weighted by Crippen LogP contribution is -1.90. The zero-order chi connectivity index (χ0) is 10.1. The number of hydrogen-bond donors (Lipinski definition) is 2. The lowest BCUT2D eigenvalue weighted by atomic mass is 10.3. The van der Waals surface area contributed by atoms with Crippen LogP contribution in [0.2, 0.25) is 0 Å². The van der Waals surface area contributed by atoms with Gasteiger partial charge in [0.05, 0.1) is 11.1 Å². The molecule has 2 N–H and O–H groups in total. The van der Waals surface area contributed by atoms with Crippen LogP contribution >= 0.6 is 11.3 Å². The Morgan fingerprint density at radius 1 is 1.50 bits per heavy atom. The monoisotopic (exact) mass is 210 g/mol. The van der Waals surface area contributed by atoms with E-state index in [1.54, 1.807) is 12.1 Å². The third-order valence-electron chi connectivity index (χ3n) is 1.67. The van der Waals surface area contributed by atoms with E-state index >= 15 is 0 Å². The van der Waals surface area contributed by atoms with Crippen LogP contribution in [0.4, 0.5) is 0 Å². The zero-order valence-corrected chi connectivity index (χ0v) is 7.75. The number of aromatic carboxylic acids is 1. The summed E-state index contributed by atoms with van der Waals surface area (Å²) < 4.78 is 5.07. The minimum absolute atomic E-state index is 0.0728. The molecule has 0 aliphatic rings. The van der Waals surface area contributed by atoms with Crippen molar-refractivity contribution >= 4 is 17.3 Å². The van der Waals surface area contributed by atoms with Crippen molar-refractivity contribution in [1.82, 2.24) is 0 Å². The van der Waals surface area contributed by atoms with Crippen LogP contribution in [-0.2, 0) is 0 Å². The first-order valence-corrected chi connectivity index (χ1v) is 4.60. The Kier molecular flexibility index (Phi) is 2.01. The number of furan rings is 1. The molecule has 0 bridgehead atoms. The molecular weight excluding hydrogens is 204 g/mol. The van der Waals surface area contributed by atoms with Gasteiger partial charge in [0.15, 0.2) is 4.88 Å². The van der Waals surface area contributed by atoms with Gasteiger partial charge in [-0.1, -0.05) is 0 Å². The van der Waals surface area contributed by atoms with Crippen LogP contribution in [0.5, 0.6) is 5.75 Å². The summed E-state index contributed by atoms with van der Waals surface area (Å²) in [6.45, 7) is 0. The molecule has 2 aromatic rings. The summed E-state index contributed by atoms with van der Waals surface area (Å²) in [5.41, 5.74) is 0. The Labute approximate surface area is 83.0 Å². The molecule has 0 saturated heterocycles. The quantitative estimate of drug-likeness (QED) is 0.798. The maximum absolute atomic E-state index is 10.6. The standard InChI is InChI=1S/C9H6O4S/c10-5-4-7(6-2-1-3-13-6)14-8(5)9(11)12/h1-4,10H,(H,11,12). The summed E-state index contributed by atoms with van der Waals surface area (Å²) in [4.78, 5) is 11.2. The van der Waals surface area contributed by atoms with E-state index in [4.69, 9.17) is 9.52 Å². The first kappa shape index (κ1) is 8.83. The Morgan fingerprint density at radius 2 is 2.29 bits per heavy atom. The van der Waals surface area contributed by atoms with Crippen LogP contribution < -0.4 is 0 Å². The van der Waals surface area contributed by atoms with Crippen molar-refractivity contribution in [2.75, 3.05) is 0 Å². The van der Waals surface area contributed by atoms with Crippen molar-refractivity contribution in [1.29, 1.82) is 0 Å². The van der Waals surface area contributed by atoms with Crippen molar-refractivity contribution in [3.63, 3.8) is 0 Å². The van der Waals surface area contributed by atoms with E-state index in [1.165, 1.54) is 12.3 Å². The molecule has 2 aromatic heterocycles. The highest BCUT2D eigenvalue weighted by molar-refractivity contribution is 7.17. The highest BCUT2D eigenvalue weighted by Crippen LogP contribution is 2.35. The molecule has 0 amide bonds. The summed E-state index contributed by atoms with van der Waals surface area (Å²) in [6, 6.07) is 4.79. The average Bonchev–Trinajstić information content (AvgIpc) is 2.70. The highest BCUT2D eigenvalue weighted by atomic mass is 32.1. The zero-order valence-electron chi connectivity index (χ0n) is 6.93. The van der Waals surface area contributed by atoms with Gasteiger partial charge in [-0.05, 0) is 12.1 Å². The molecule has 14 heavy (non-hydrogen) atoms. The van der Waals surface area contributed by atoms with Crippen molar-refractivity contribution < 1.29 is 19.4 Å². The lowest BCUT2D eigenvalue weighted by molar-refractivity contribution is 0.0699. The van der Waals surface area contributed by atoms with Crippen LogP contribution in [0.25, 0.3) is 10.6 Å². The van der Waals surface area contributed by atoms with E-state index in [0.29, 0.717) is 10.6 Å². The van der Waals surface area contributed by atoms with Gasteiger partial charge in [-0.2, -0.15) is 0 Å². The summed E-state index contributed by atoms with van der Waals surface area (Å²) in [6.07, 6.45) is 1.49. The summed E-state index contributed by atoms with van der Waals surface area (Å²) in [5, 5.41) is 18.0. The normalized spacial score (nSPS) is 10.3. The van der Waals surface area contributed by atoms with Crippen LogP contribution in [0, 0.1) is 0 Å². The Bertz CT molecular complexity index is 455. The number of rotatable bonds is 2. The molecule has 0 spiro atoms. The number of carboxylic acids is 1. The van der Waals surface area contributed by atoms with E-state index in [9.17, 15) is 9.90 Å². The van der Waals surface area contributed by atoms with Crippen LogP contribution in [0.1, 0.15) is 9.67 Å². The average molecular weight is 210 g/mol. The molecule has 5 heteroatoms. The van der Waals surface area contributed by atoms with Gasteiger partial charge in [-0.15, -0.1) is 11.3 Å². The predicted octanol–water partition coefficient (Wildman–Crippen LogP) is 2.41. The SMILES string of the molecule is O=C(O)c1sc(-c2ccco2)cc1O. The van der Waals surface area contributed by atoms with Crippen LogP contribution in [-0.4, -0.2) is 16.2 Å².